The molecule has 0 fully saturated rings. The molecule has 0 radical (unpaired) electrons. The van der Waals surface area contributed by atoms with Crippen LogP contribution in [-0.4, -0.2) is 48.7 Å². The summed E-state index contributed by atoms with van der Waals surface area (Å²) in [6.07, 6.45) is 4.30. The van der Waals surface area contributed by atoms with Crippen LogP contribution in [0, 0.1) is 0 Å². The van der Waals surface area contributed by atoms with E-state index < -0.39 is 0 Å². The van der Waals surface area contributed by atoms with E-state index in [-0.39, 0.29) is 12.0 Å². The Morgan fingerprint density at radius 1 is 1.29 bits per heavy atom. The first-order valence-electron chi connectivity index (χ1n) is 9.41. The van der Waals surface area contributed by atoms with E-state index in [1.54, 1.807) is 31.3 Å². The van der Waals surface area contributed by atoms with Gasteiger partial charge >= 0.3 is 6.09 Å². The van der Waals surface area contributed by atoms with E-state index in [0.717, 1.165) is 22.4 Å². The van der Waals surface area contributed by atoms with Crippen LogP contribution in [0.5, 0.6) is 5.75 Å². The summed E-state index contributed by atoms with van der Waals surface area (Å²) in [6.45, 7) is 3.58. The number of hydrogen-bond acceptors (Lipinski definition) is 5. The number of nitrogens with zero attached hydrogens (tertiary/aromatic N) is 2. The maximum absolute atomic E-state index is 12.7. The summed E-state index contributed by atoms with van der Waals surface area (Å²) in [5.41, 5.74) is 3.51. The van der Waals surface area contributed by atoms with Crippen LogP contribution in [0.15, 0.2) is 36.7 Å². The van der Waals surface area contributed by atoms with Crippen molar-refractivity contribution >= 4 is 12.0 Å². The minimum absolute atomic E-state index is 0.142. The summed E-state index contributed by atoms with van der Waals surface area (Å²) in [5, 5.41) is 2.96. The van der Waals surface area contributed by atoms with Gasteiger partial charge in [0.1, 0.15) is 5.75 Å². The van der Waals surface area contributed by atoms with Crippen molar-refractivity contribution in [3.63, 3.8) is 0 Å². The van der Waals surface area contributed by atoms with Crippen LogP contribution in [0.25, 0.3) is 0 Å². The molecule has 148 valence electrons. The van der Waals surface area contributed by atoms with Crippen molar-refractivity contribution in [1.82, 2.24) is 15.2 Å². The number of hydrogen-bond donors (Lipinski definition) is 1. The zero-order chi connectivity index (χ0) is 19.9. The first-order valence-corrected chi connectivity index (χ1v) is 9.41. The number of nitrogens with one attached hydrogen (secondary N) is 1. The highest BCUT2D eigenvalue weighted by Gasteiger charge is 2.25. The van der Waals surface area contributed by atoms with E-state index in [0.29, 0.717) is 44.6 Å². The summed E-state index contributed by atoms with van der Waals surface area (Å²) in [4.78, 5) is 30.4. The maximum Gasteiger partial charge on any atom is 0.410 e. The number of carbonyl (C=O) groups is 2. The molecule has 0 saturated heterocycles. The van der Waals surface area contributed by atoms with E-state index in [9.17, 15) is 9.59 Å². The molecule has 3 rings (SSSR count). The SMILES string of the molecule is CCOC(=O)N1CCc2c(cncc2C(=O)NCCc2cccc(OC)c2)C1. The lowest BCUT2D eigenvalue weighted by atomic mass is 9.97. The Kier molecular flexibility index (Phi) is 6.47. The van der Waals surface area contributed by atoms with Gasteiger partial charge in [0, 0.05) is 25.5 Å². The summed E-state index contributed by atoms with van der Waals surface area (Å²) in [5.74, 6) is 0.660. The Bertz CT molecular complexity index is 853. The molecule has 28 heavy (non-hydrogen) atoms. The summed E-state index contributed by atoms with van der Waals surface area (Å²) in [6, 6.07) is 7.79. The molecule has 2 heterocycles. The smallest absolute Gasteiger partial charge is 0.410 e. The lowest BCUT2D eigenvalue weighted by Gasteiger charge is -2.28. The van der Waals surface area contributed by atoms with E-state index in [4.69, 9.17) is 9.47 Å². The summed E-state index contributed by atoms with van der Waals surface area (Å²) < 4.78 is 10.3. The largest absolute Gasteiger partial charge is 0.497 e. The second-order valence-corrected chi connectivity index (χ2v) is 6.55. The van der Waals surface area contributed by atoms with Crippen LogP contribution >= 0.6 is 0 Å². The zero-order valence-electron chi connectivity index (χ0n) is 16.2. The van der Waals surface area contributed by atoms with Gasteiger partial charge in [0.05, 0.1) is 25.8 Å². The third-order valence-electron chi connectivity index (χ3n) is 4.74. The molecule has 1 N–H and O–H groups in total. The zero-order valence-corrected chi connectivity index (χ0v) is 16.2. The Labute approximate surface area is 164 Å². The highest BCUT2D eigenvalue weighted by Crippen LogP contribution is 2.22. The minimum Gasteiger partial charge on any atom is -0.497 e. The second-order valence-electron chi connectivity index (χ2n) is 6.55. The quantitative estimate of drug-likeness (QED) is 0.829. The van der Waals surface area contributed by atoms with Crippen LogP contribution in [0.1, 0.15) is 34.0 Å². The standard InChI is InChI=1S/C21H25N3O4/c1-3-28-21(26)24-10-8-18-16(14-24)12-22-13-19(18)20(25)23-9-7-15-5-4-6-17(11-15)27-2/h4-6,11-13H,3,7-10,14H2,1-2H3,(H,23,25). The normalized spacial score (nSPS) is 12.9. The number of pyridine rings is 1. The van der Waals surface area contributed by atoms with Gasteiger partial charge in [0.25, 0.3) is 5.91 Å². The van der Waals surface area contributed by atoms with Gasteiger partial charge in [-0.3, -0.25) is 9.78 Å². The number of methoxy groups -OCH3 is 1. The first kappa shape index (κ1) is 19.7. The minimum atomic E-state index is -0.332. The maximum atomic E-state index is 12.7. The second kappa shape index (κ2) is 9.21. The van der Waals surface area contributed by atoms with Gasteiger partial charge in [-0.05, 0) is 48.6 Å². The molecular weight excluding hydrogens is 358 g/mol. The van der Waals surface area contributed by atoms with Crippen LogP contribution in [0.2, 0.25) is 0 Å². The molecule has 1 aliphatic rings. The lowest BCUT2D eigenvalue weighted by Crippen LogP contribution is -2.37. The van der Waals surface area contributed by atoms with Crippen LogP contribution in [0.4, 0.5) is 4.79 Å². The molecule has 0 spiro atoms. The number of aromatic nitrogens is 1. The van der Waals surface area contributed by atoms with Crippen molar-refractivity contribution in [3.8, 4) is 5.75 Å². The number of fused-ring (bicyclic) bond motifs is 1. The molecule has 7 nitrogen and oxygen atoms in total. The van der Waals surface area contributed by atoms with Crippen molar-refractivity contribution in [1.29, 1.82) is 0 Å². The first-order chi connectivity index (χ1) is 13.6. The predicted octanol–water partition coefficient (Wildman–Crippen LogP) is 2.58. The molecule has 0 bridgehead atoms. The van der Waals surface area contributed by atoms with Crippen molar-refractivity contribution in [2.45, 2.75) is 26.3 Å². The van der Waals surface area contributed by atoms with E-state index in [1.165, 1.54) is 0 Å². The highest BCUT2D eigenvalue weighted by molar-refractivity contribution is 5.95. The van der Waals surface area contributed by atoms with Crippen molar-refractivity contribution < 1.29 is 19.1 Å². The van der Waals surface area contributed by atoms with Crippen molar-refractivity contribution in [2.75, 3.05) is 26.8 Å². The third-order valence-corrected chi connectivity index (χ3v) is 4.74. The molecule has 0 atom stereocenters. The predicted molar refractivity (Wildman–Crippen MR) is 104 cm³/mol. The molecule has 2 aromatic rings. The third kappa shape index (κ3) is 4.60. The average molecular weight is 383 g/mol. The molecular formula is C21H25N3O4. The number of benzene rings is 1. The van der Waals surface area contributed by atoms with Gasteiger partial charge in [-0.2, -0.15) is 0 Å². The molecule has 1 aliphatic heterocycles. The van der Waals surface area contributed by atoms with Gasteiger partial charge < -0.3 is 19.7 Å². The van der Waals surface area contributed by atoms with Crippen molar-refractivity contribution in [3.05, 3.63) is 58.9 Å². The lowest BCUT2D eigenvalue weighted by molar-refractivity contribution is 0.0950. The molecule has 1 aromatic heterocycles. The summed E-state index contributed by atoms with van der Waals surface area (Å²) >= 11 is 0. The molecule has 2 amide bonds. The fourth-order valence-electron chi connectivity index (χ4n) is 3.30. The Hall–Kier alpha value is -3.09. The van der Waals surface area contributed by atoms with E-state index in [1.807, 2.05) is 24.3 Å². The van der Waals surface area contributed by atoms with Crippen LogP contribution in [-0.2, 0) is 24.1 Å². The number of ether oxygens (including phenoxy) is 2. The van der Waals surface area contributed by atoms with Gasteiger partial charge in [-0.25, -0.2) is 4.79 Å². The van der Waals surface area contributed by atoms with Crippen LogP contribution < -0.4 is 10.1 Å². The fourth-order valence-corrected chi connectivity index (χ4v) is 3.30. The van der Waals surface area contributed by atoms with Crippen LogP contribution in [0.3, 0.4) is 0 Å². The van der Waals surface area contributed by atoms with E-state index in [2.05, 4.69) is 10.3 Å². The monoisotopic (exact) mass is 383 g/mol. The average Bonchev–Trinajstić information content (AvgIpc) is 2.73. The van der Waals surface area contributed by atoms with Gasteiger partial charge in [0.15, 0.2) is 0 Å². The van der Waals surface area contributed by atoms with Gasteiger partial charge in [0.2, 0.25) is 0 Å². The Balaban J connectivity index is 1.62. The molecule has 0 unspecified atom stereocenters. The number of carbonyl (C=O) groups excluding carboxylic acids is 2. The molecule has 1 aromatic carbocycles. The van der Waals surface area contributed by atoms with Gasteiger partial charge in [-0.15, -0.1) is 0 Å². The number of amides is 2. The molecule has 7 heteroatoms. The van der Waals surface area contributed by atoms with Crippen molar-refractivity contribution in [2.24, 2.45) is 0 Å². The Morgan fingerprint density at radius 2 is 2.14 bits per heavy atom. The molecule has 0 saturated carbocycles. The topological polar surface area (TPSA) is 80.8 Å². The Morgan fingerprint density at radius 3 is 2.93 bits per heavy atom. The summed E-state index contributed by atoms with van der Waals surface area (Å²) in [7, 11) is 1.63. The fraction of sp³-hybridized carbons (Fsp3) is 0.381. The van der Waals surface area contributed by atoms with Gasteiger partial charge in [-0.1, -0.05) is 12.1 Å². The van der Waals surface area contributed by atoms with E-state index >= 15 is 0 Å². The molecule has 0 aliphatic carbocycles. The highest BCUT2D eigenvalue weighted by atomic mass is 16.6. The number of rotatable bonds is 6.